The molecule has 0 fully saturated rings. The molecule has 0 aliphatic carbocycles. The van der Waals surface area contributed by atoms with E-state index in [1.807, 2.05) is 12.1 Å². The Kier molecular flexibility index (Phi) is 4.87. The van der Waals surface area contributed by atoms with Gasteiger partial charge in [0.05, 0.1) is 0 Å². The van der Waals surface area contributed by atoms with Crippen LogP contribution in [0.5, 0.6) is 5.75 Å². The Labute approximate surface area is 96.7 Å². The van der Waals surface area contributed by atoms with Crippen molar-refractivity contribution in [3.63, 3.8) is 0 Å². The van der Waals surface area contributed by atoms with Crippen LogP contribution in [0.4, 0.5) is 0 Å². The maximum absolute atomic E-state index is 8.63. The molecule has 0 aromatic heterocycles. The van der Waals surface area contributed by atoms with Gasteiger partial charge >= 0.3 is 0 Å². The van der Waals surface area contributed by atoms with Crippen molar-refractivity contribution in [3.8, 4) is 5.75 Å². The van der Waals surface area contributed by atoms with E-state index in [9.17, 15) is 0 Å². The zero-order valence-corrected chi connectivity index (χ0v) is 9.43. The molecule has 0 bridgehead atoms. The number of para-hydroxylation sites is 1. The first-order valence-corrected chi connectivity index (χ1v) is 5.15. The highest BCUT2D eigenvalue weighted by atomic mass is 16.3. The number of aryl methyl sites for hydroxylation is 1. The van der Waals surface area contributed by atoms with Crippen molar-refractivity contribution in [1.82, 2.24) is 0 Å². The van der Waals surface area contributed by atoms with Gasteiger partial charge in [-0.25, -0.2) is 0 Å². The van der Waals surface area contributed by atoms with E-state index < -0.39 is 0 Å². The summed E-state index contributed by atoms with van der Waals surface area (Å²) in [6, 6.07) is 17.0. The number of phenols is 1. The highest BCUT2D eigenvalue weighted by Gasteiger charge is 1.82. The van der Waals surface area contributed by atoms with E-state index in [1.165, 1.54) is 11.1 Å². The quantitative estimate of drug-likeness (QED) is 0.756. The van der Waals surface area contributed by atoms with E-state index in [1.54, 1.807) is 24.3 Å². The third kappa shape index (κ3) is 4.47. The topological polar surface area (TPSA) is 20.2 Å². The first kappa shape index (κ1) is 12.1. The van der Waals surface area contributed by atoms with Crippen LogP contribution in [0.2, 0.25) is 0 Å². The number of rotatable bonds is 1. The van der Waals surface area contributed by atoms with E-state index in [-0.39, 0.29) is 0 Å². The van der Waals surface area contributed by atoms with Gasteiger partial charge in [-0.1, -0.05) is 60.7 Å². The molecule has 2 aromatic carbocycles. The molecule has 0 unspecified atom stereocenters. The second kappa shape index (κ2) is 6.46. The van der Waals surface area contributed by atoms with Gasteiger partial charge in [0.25, 0.3) is 0 Å². The SMILES string of the molecule is C=Cc1ccc(C)cc1.Oc1ccccc1. The lowest BCUT2D eigenvalue weighted by Crippen LogP contribution is -1.71. The van der Waals surface area contributed by atoms with E-state index >= 15 is 0 Å². The molecule has 2 aromatic rings. The molecule has 0 aliphatic heterocycles. The van der Waals surface area contributed by atoms with Crippen molar-refractivity contribution >= 4 is 6.08 Å². The molecule has 0 amide bonds. The monoisotopic (exact) mass is 212 g/mol. The number of benzene rings is 2. The molecule has 0 spiro atoms. The Morgan fingerprint density at radius 2 is 1.50 bits per heavy atom. The molecule has 82 valence electrons. The van der Waals surface area contributed by atoms with Crippen LogP contribution in [0, 0.1) is 6.92 Å². The van der Waals surface area contributed by atoms with Gasteiger partial charge in [0, 0.05) is 0 Å². The first-order valence-electron chi connectivity index (χ1n) is 5.15. The standard InChI is InChI=1S/C9H10.C6H6O/c1-3-9-6-4-8(2)5-7-9;7-6-4-2-1-3-5-6/h3-7H,1H2,2H3;1-5,7H. The van der Waals surface area contributed by atoms with Crippen LogP contribution >= 0.6 is 0 Å². The molecule has 0 radical (unpaired) electrons. The lowest BCUT2D eigenvalue weighted by molar-refractivity contribution is 0.475. The van der Waals surface area contributed by atoms with Gasteiger partial charge in [0.1, 0.15) is 5.75 Å². The van der Waals surface area contributed by atoms with Crippen LogP contribution in [-0.2, 0) is 0 Å². The predicted octanol–water partition coefficient (Wildman–Crippen LogP) is 4.03. The van der Waals surface area contributed by atoms with Crippen molar-refractivity contribution in [1.29, 1.82) is 0 Å². The fourth-order valence-electron chi connectivity index (χ4n) is 1.13. The minimum atomic E-state index is 0.322. The van der Waals surface area contributed by atoms with Crippen molar-refractivity contribution in [2.24, 2.45) is 0 Å². The number of hydrogen-bond donors (Lipinski definition) is 1. The average Bonchev–Trinajstić information content (AvgIpc) is 2.32. The summed E-state index contributed by atoms with van der Waals surface area (Å²) in [5.74, 6) is 0.322. The predicted molar refractivity (Wildman–Crippen MR) is 69.4 cm³/mol. The Morgan fingerprint density at radius 3 is 1.88 bits per heavy atom. The highest BCUT2D eigenvalue weighted by Crippen LogP contribution is 2.03. The summed E-state index contributed by atoms with van der Waals surface area (Å²) in [7, 11) is 0. The minimum absolute atomic E-state index is 0.322. The molecule has 0 heterocycles. The molecule has 1 N–H and O–H groups in total. The van der Waals surface area contributed by atoms with Crippen molar-refractivity contribution in [2.45, 2.75) is 6.92 Å². The number of phenolic OH excluding ortho intramolecular Hbond substituents is 1. The molecule has 0 saturated heterocycles. The van der Waals surface area contributed by atoms with Crippen LogP contribution < -0.4 is 0 Å². The van der Waals surface area contributed by atoms with Gasteiger partial charge in [0.15, 0.2) is 0 Å². The maximum atomic E-state index is 8.63. The fraction of sp³-hybridized carbons (Fsp3) is 0.0667. The van der Waals surface area contributed by atoms with Gasteiger partial charge in [-0.15, -0.1) is 0 Å². The van der Waals surface area contributed by atoms with E-state index in [4.69, 9.17) is 5.11 Å². The summed E-state index contributed by atoms with van der Waals surface area (Å²) in [5, 5.41) is 8.63. The van der Waals surface area contributed by atoms with Crippen LogP contribution in [0.15, 0.2) is 61.2 Å². The molecule has 0 aliphatic rings. The zero-order chi connectivity index (χ0) is 11.8. The van der Waals surface area contributed by atoms with Crippen molar-refractivity contribution in [3.05, 3.63) is 72.3 Å². The van der Waals surface area contributed by atoms with Gasteiger partial charge < -0.3 is 5.11 Å². The first-order chi connectivity index (χ1) is 7.72. The summed E-state index contributed by atoms with van der Waals surface area (Å²) in [6.45, 7) is 5.74. The van der Waals surface area contributed by atoms with Gasteiger partial charge in [-0.2, -0.15) is 0 Å². The molecule has 1 heteroatoms. The zero-order valence-electron chi connectivity index (χ0n) is 9.43. The lowest BCUT2D eigenvalue weighted by atomic mass is 10.2. The molecule has 0 atom stereocenters. The average molecular weight is 212 g/mol. The third-order valence-electron chi connectivity index (χ3n) is 2.07. The second-order valence-corrected chi connectivity index (χ2v) is 3.45. The summed E-state index contributed by atoms with van der Waals surface area (Å²) in [5.41, 5.74) is 2.47. The molecule has 0 saturated carbocycles. The van der Waals surface area contributed by atoms with Crippen LogP contribution in [-0.4, -0.2) is 5.11 Å². The molecule has 2 rings (SSSR count). The number of aromatic hydroxyl groups is 1. The third-order valence-corrected chi connectivity index (χ3v) is 2.07. The van der Waals surface area contributed by atoms with Gasteiger partial charge in [0.2, 0.25) is 0 Å². The van der Waals surface area contributed by atoms with Crippen LogP contribution in [0.1, 0.15) is 11.1 Å². The summed E-state index contributed by atoms with van der Waals surface area (Å²) < 4.78 is 0. The van der Waals surface area contributed by atoms with Crippen LogP contribution in [0.25, 0.3) is 6.08 Å². The van der Waals surface area contributed by atoms with Crippen LogP contribution in [0.3, 0.4) is 0 Å². The maximum Gasteiger partial charge on any atom is 0.115 e. The molecule has 1 nitrogen and oxygen atoms in total. The minimum Gasteiger partial charge on any atom is -0.508 e. The van der Waals surface area contributed by atoms with Gasteiger partial charge in [-0.05, 0) is 24.6 Å². The van der Waals surface area contributed by atoms with E-state index in [0.29, 0.717) is 5.75 Å². The lowest BCUT2D eigenvalue weighted by Gasteiger charge is -1.91. The Balaban J connectivity index is 0.000000165. The Morgan fingerprint density at radius 1 is 0.938 bits per heavy atom. The summed E-state index contributed by atoms with van der Waals surface area (Å²) in [6.07, 6.45) is 1.85. The smallest absolute Gasteiger partial charge is 0.115 e. The van der Waals surface area contributed by atoms with Crippen molar-refractivity contribution in [2.75, 3.05) is 0 Å². The van der Waals surface area contributed by atoms with Gasteiger partial charge in [-0.3, -0.25) is 0 Å². The second-order valence-electron chi connectivity index (χ2n) is 3.45. The Bertz CT molecular complexity index is 415. The summed E-state index contributed by atoms with van der Waals surface area (Å²) >= 11 is 0. The van der Waals surface area contributed by atoms with E-state index in [0.717, 1.165) is 0 Å². The highest BCUT2D eigenvalue weighted by molar-refractivity contribution is 5.46. The largest absolute Gasteiger partial charge is 0.508 e. The number of hydrogen-bond acceptors (Lipinski definition) is 1. The van der Waals surface area contributed by atoms with E-state index in [2.05, 4.69) is 37.8 Å². The fourth-order valence-corrected chi connectivity index (χ4v) is 1.13. The molecule has 16 heavy (non-hydrogen) atoms. The molecular weight excluding hydrogens is 196 g/mol. The Hall–Kier alpha value is -2.02. The van der Waals surface area contributed by atoms with Crippen molar-refractivity contribution < 1.29 is 5.11 Å². The molecular formula is C15H16O. The normalized spacial score (nSPS) is 8.81. The summed E-state index contributed by atoms with van der Waals surface area (Å²) in [4.78, 5) is 0.